The van der Waals surface area contributed by atoms with Crippen molar-refractivity contribution < 1.29 is 0 Å². The van der Waals surface area contributed by atoms with Gasteiger partial charge in [0.05, 0.1) is 5.69 Å². The van der Waals surface area contributed by atoms with Crippen LogP contribution in [-0.4, -0.2) is 6.21 Å². The molecule has 0 radical (unpaired) electrons. The highest BCUT2D eigenvalue weighted by Crippen LogP contribution is 2.07. The number of nitrogens with zero attached hydrogens (tertiary/aromatic N) is 1. The van der Waals surface area contributed by atoms with Crippen molar-refractivity contribution in [1.82, 2.24) is 0 Å². The molecule has 0 saturated heterocycles. The van der Waals surface area contributed by atoms with Crippen LogP contribution in [0.2, 0.25) is 0 Å². The van der Waals surface area contributed by atoms with Gasteiger partial charge in [-0.15, -0.1) is 0 Å². The summed E-state index contributed by atoms with van der Waals surface area (Å²) >= 11 is 0. The number of hydrogen-bond acceptors (Lipinski definition) is 1. The number of benzene rings is 1. The van der Waals surface area contributed by atoms with Crippen LogP contribution in [0.1, 0.15) is 13.3 Å². The van der Waals surface area contributed by atoms with E-state index in [1.165, 1.54) is 0 Å². The van der Waals surface area contributed by atoms with Crippen molar-refractivity contribution in [2.24, 2.45) is 4.99 Å². The highest BCUT2D eigenvalue weighted by molar-refractivity contribution is 5.74. The summed E-state index contributed by atoms with van der Waals surface area (Å²) in [6.07, 6.45) is 6.92. The standard InChI is InChI=1S/C11H13N/c1-2-3-7-10-12-11-8-5-4-6-9-11/h3-10H,2H2,1H3/b7-3+,12-10+. The molecule has 0 aliphatic carbocycles. The molecule has 0 aliphatic heterocycles. The molecule has 1 aromatic rings. The van der Waals surface area contributed by atoms with Gasteiger partial charge in [0.25, 0.3) is 0 Å². The normalized spacial score (nSPS) is 11.4. The zero-order valence-electron chi connectivity index (χ0n) is 7.27. The van der Waals surface area contributed by atoms with Crippen LogP contribution in [0.25, 0.3) is 0 Å². The van der Waals surface area contributed by atoms with Crippen molar-refractivity contribution in [3.63, 3.8) is 0 Å². The predicted octanol–water partition coefficient (Wildman–Crippen LogP) is 3.36. The first kappa shape index (κ1) is 8.72. The molecule has 1 heteroatoms. The Morgan fingerprint density at radius 1 is 1.25 bits per heavy atom. The molecule has 62 valence electrons. The minimum Gasteiger partial charge on any atom is -0.257 e. The van der Waals surface area contributed by atoms with Crippen molar-refractivity contribution >= 4 is 11.9 Å². The second-order valence-electron chi connectivity index (χ2n) is 2.45. The van der Waals surface area contributed by atoms with E-state index >= 15 is 0 Å². The van der Waals surface area contributed by atoms with Gasteiger partial charge in [0, 0.05) is 6.21 Å². The van der Waals surface area contributed by atoms with Gasteiger partial charge in [0.2, 0.25) is 0 Å². The zero-order chi connectivity index (χ0) is 8.65. The van der Waals surface area contributed by atoms with E-state index in [-0.39, 0.29) is 0 Å². The summed E-state index contributed by atoms with van der Waals surface area (Å²) in [6.45, 7) is 2.10. The summed E-state index contributed by atoms with van der Waals surface area (Å²) in [6, 6.07) is 9.92. The Balaban J connectivity index is 2.52. The Morgan fingerprint density at radius 2 is 2.00 bits per heavy atom. The van der Waals surface area contributed by atoms with E-state index in [0.29, 0.717) is 0 Å². The maximum absolute atomic E-state index is 4.23. The lowest BCUT2D eigenvalue weighted by Gasteiger charge is -1.87. The van der Waals surface area contributed by atoms with Crippen LogP contribution in [0.3, 0.4) is 0 Å². The van der Waals surface area contributed by atoms with Crippen molar-refractivity contribution in [2.75, 3.05) is 0 Å². The molecule has 1 aromatic carbocycles. The van der Waals surface area contributed by atoms with E-state index in [1.807, 2.05) is 42.6 Å². The minimum atomic E-state index is 0.998. The van der Waals surface area contributed by atoms with E-state index in [0.717, 1.165) is 12.1 Å². The highest BCUT2D eigenvalue weighted by atomic mass is 14.7. The third-order valence-corrected chi connectivity index (χ3v) is 1.44. The summed E-state index contributed by atoms with van der Waals surface area (Å²) in [4.78, 5) is 4.23. The lowest BCUT2D eigenvalue weighted by atomic mass is 10.3. The summed E-state index contributed by atoms with van der Waals surface area (Å²) in [5.74, 6) is 0. The molecule has 0 amide bonds. The van der Waals surface area contributed by atoms with E-state index < -0.39 is 0 Å². The average molecular weight is 159 g/mol. The molecular weight excluding hydrogens is 146 g/mol. The van der Waals surface area contributed by atoms with Crippen LogP contribution in [0.4, 0.5) is 5.69 Å². The fraction of sp³-hybridized carbons (Fsp3) is 0.182. The van der Waals surface area contributed by atoms with Gasteiger partial charge in [-0.2, -0.15) is 0 Å². The van der Waals surface area contributed by atoms with Gasteiger partial charge in [-0.25, -0.2) is 0 Å². The van der Waals surface area contributed by atoms with Gasteiger partial charge in [0.15, 0.2) is 0 Å². The Morgan fingerprint density at radius 3 is 2.67 bits per heavy atom. The largest absolute Gasteiger partial charge is 0.257 e. The Hall–Kier alpha value is -1.37. The molecule has 0 fully saturated rings. The van der Waals surface area contributed by atoms with Crippen LogP contribution in [-0.2, 0) is 0 Å². The molecule has 0 bridgehead atoms. The average Bonchev–Trinajstić information content (AvgIpc) is 2.14. The summed E-state index contributed by atoms with van der Waals surface area (Å²) in [7, 11) is 0. The second kappa shape index (κ2) is 5.30. The molecule has 0 aromatic heterocycles. The number of allylic oxidation sites excluding steroid dienone is 2. The molecule has 0 spiro atoms. The number of aliphatic imine (C=N–C) groups is 1. The third-order valence-electron chi connectivity index (χ3n) is 1.44. The number of hydrogen-bond donors (Lipinski definition) is 0. The molecule has 1 nitrogen and oxygen atoms in total. The Bertz CT molecular complexity index is 260. The van der Waals surface area contributed by atoms with Crippen LogP contribution in [0.15, 0.2) is 47.5 Å². The van der Waals surface area contributed by atoms with Gasteiger partial charge in [-0.1, -0.05) is 31.2 Å². The second-order valence-corrected chi connectivity index (χ2v) is 2.45. The van der Waals surface area contributed by atoms with Crippen molar-refractivity contribution in [2.45, 2.75) is 13.3 Å². The lowest BCUT2D eigenvalue weighted by molar-refractivity contribution is 1.23. The maximum atomic E-state index is 4.23. The van der Waals surface area contributed by atoms with Gasteiger partial charge in [-0.3, -0.25) is 4.99 Å². The van der Waals surface area contributed by atoms with Gasteiger partial charge >= 0.3 is 0 Å². The molecule has 0 N–H and O–H groups in total. The van der Waals surface area contributed by atoms with Crippen LogP contribution in [0.5, 0.6) is 0 Å². The fourth-order valence-electron chi connectivity index (χ4n) is 0.840. The third kappa shape index (κ3) is 3.15. The summed E-state index contributed by atoms with van der Waals surface area (Å²) < 4.78 is 0. The van der Waals surface area contributed by atoms with Crippen LogP contribution >= 0.6 is 0 Å². The number of rotatable bonds is 3. The van der Waals surface area contributed by atoms with E-state index in [1.54, 1.807) is 0 Å². The van der Waals surface area contributed by atoms with Gasteiger partial charge < -0.3 is 0 Å². The van der Waals surface area contributed by atoms with Gasteiger partial charge in [-0.05, 0) is 24.6 Å². The van der Waals surface area contributed by atoms with E-state index in [9.17, 15) is 0 Å². The van der Waals surface area contributed by atoms with Crippen LogP contribution < -0.4 is 0 Å². The monoisotopic (exact) mass is 159 g/mol. The first-order valence-electron chi connectivity index (χ1n) is 4.17. The SMILES string of the molecule is CC/C=C/C=N/c1ccccc1. The van der Waals surface area contributed by atoms with Crippen molar-refractivity contribution in [3.05, 3.63) is 42.5 Å². The van der Waals surface area contributed by atoms with E-state index in [4.69, 9.17) is 0 Å². The van der Waals surface area contributed by atoms with Crippen molar-refractivity contribution in [3.8, 4) is 0 Å². The molecule has 0 aliphatic rings. The number of para-hydroxylation sites is 1. The highest BCUT2D eigenvalue weighted by Gasteiger charge is 1.79. The quantitative estimate of drug-likeness (QED) is 0.600. The lowest BCUT2D eigenvalue weighted by Crippen LogP contribution is -1.65. The topological polar surface area (TPSA) is 12.4 Å². The molecule has 12 heavy (non-hydrogen) atoms. The summed E-state index contributed by atoms with van der Waals surface area (Å²) in [5.41, 5.74) is 0.998. The maximum Gasteiger partial charge on any atom is 0.0629 e. The molecule has 0 saturated carbocycles. The summed E-state index contributed by atoms with van der Waals surface area (Å²) in [5, 5.41) is 0. The van der Waals surface area contributed by atoms with Gasteiger partial charge in [0.1, 0.15) is 0 Å². The molecule has 0 heterocycles. The van der Waals surface area contributed by atoms with E-state index in [2.05, 4.69) is 18.0 Å². The first-order valence-corrected chi connectivity index (χ1v) is 4.17. The Kier molecular flexibility index (Phi) is 3.86. The minimum absolute atomic E-state index is 0.998. The molecular formula is C11H13N. The Labute approximate surface area is 73.5 Å². The fourth-order valence-corrected chi connectivity index (χ4v) is 0.840. The first-order chi connectivity index (χ1) is 5.93. The van der Waals surface area contributed by atoms with Crippen molar-refractivity contribution in [1.29, 1.82) is 0 Å². The molecule has 0 atom stereocenters. The molecule has 0 unspecified atom stereocenters. The molecule has 1 rings (SSSR count). The zero-order valence-corrected chi connectivity index (χ0v) is 7.27. The van der Waals surface area contributed by atoms with Crippen LogP contribution in [0, 0.1) is 0 Å². The predicted molar refractivity (Wildman–Crippen MR) is 54.0 cm³/mol. The smallest absolute Gasteiger partial charge is 0.0629 e.